The topological polar surface area (TPSA) is 48.7 Å². The Hall–Kier alpha value is -1.57. The predicted molar refractivity (Wildman–Crippen MR) is 65.6 cm³/mol. The van der Waals surface area contributed by atoms with Gasteiger partial charge in [-0.2, -0.15) is 5.26 Å². The van der Waals surface area contributed by atoms with Gasteiger partial charge in [0.2, 0.25) is 0 Å². The number of hydrogen-bond acceptors (Lipinski definition) is 4. The van der Waals surface area contributed by atoms with E-state index in [2.05, 4.69) is 16.4 Å². The van der Waals surface area contributed by atoms with Crippen molar-refractivity contribution in [2.45, 2.75) is 6.54 Å². The molecule has 0 atom stereocenters. The van der Waals surface area contributed by atoms with E-state index in [0.29, 0.717) is 11.7 Å². The Balaban J connectivity index is 2.00. The summed E-state index contributed by atoms with van der Waals surface area (Å²) in [6, 6.07) is 9.49. The first kappa shape index (κ1) is 10.9. The second-order valence-corrected chi connectivity index (χ2v) is 4.65. The zero-order chi connectivity index (χ0) is 11.4. The fourth-order valence-electron chi connectivity index (χ4n) is 1.23. The van der Waals surface area contributed by atoms with Crippen molar-refractivity contribution < 1.29 is 0 Å². The third-order valence-corrected chi connectivity index (χ3v) is 3.16. The molecule has 80 valence electrons. The van der Waals surface area contributed by atoms with Gasteiger partial charge in [-0.05, 0) is 24.3 Å². The maximum atomic E-state index is 8.69. The Morgan fingerprint density at radius 1 is 1.44 bits per heavy atom. The van der Waals surface area contributed by atoms with Crippen LogP contribution in [0.25, 0.3) is 0 Å². The van der Waals surface area contributed by atoms with Crippen LogP contribution in [0, 0.1) is 11.3 Å². The molecule has 0 saturated heterocycles. The number of nitriles is 1. The van der Waals surface area contributed by atoms with Crippen LogP contribution in [0.2, 0.25) is 5.15 Å². The molecule has 0 radical (unpaired) electrons. The lowest BCUT2D eigenvalue weighted by atomic mass is 10.4. The minimum Gasteiger partial charge on any atom is -0.380 e. The Morgan fingerprint density at radius 3 is 3.00 bits per heavy atom. The van der Waals surface area contributed by atoms with Crippen molar-refractivity contribution in [2.75, 3.05) is 5.32 Å². The fourth-order valence-corrected chi connectivity index (χ4v) is 2.15. The Labute approximate surface area is 102 Å². The molecule has 0 amide bonds. The molecule has 2 aromatic rings. The van der Waals surface area contributed by atoms with Gasteiger partial charge in [-0.1, -0.05) is 11.6 Å². The molecule has 0 aromatic carbocycles. The van der Waals surface area contributed by atoms with E-state index in [-0.39, 0.29) is 0 Å². The average molecular weight is 250 g/mol. The average Bonchev–Trinajstić information content (AvgIpc) is 2.74. The molecule has 0 aliphatic heterocycles. The zero-order valence-corrected chi connectivity index (χ0v) is 9.85. The van der Waals surface area contributed by atoms with Gasteiger partial charge in [0.1, 0.15) is 16.1 Å². The van der Waals surface area contributed by atoms with Gasteiger partial charge >= 0.3 is 0 Å². The summed E-state index contributed by atoms with van der Waals surface area (Å²) in [5.74, 6) is 0. The first-order valence-corrected chi connectivity index (χ1v) is 5.81. The fraction of sp³-hybridized carbons (Fsp3) is 0.0909. The molecule has 2 aromatic heterocycles. The van der Waals surface area contributed by atoms with Crippen molar-refractivity contribution in [2.24, 2.45) is 0 Å². The van der Waals surface area contributed by atoms with Gasteiger partial charge in [0, 0.05) is 23.3 Å². The molecular formula is C11H8ClN3S. The lowest BCUT2D eigenvalue weighted by molar-refractivity contribution is 1.18. The van der Waals surface area contributed by atoms with E-state index in [4.69, 9.17) is 16.9 Å². The van der Waals surface area contributed by atoms with Gasteiger partial charge in [0.15, 0.2) is 0 Å². The largest absolute Gasteiger partial charge is 0.380 e. The van der Waals surface area contributed by atoms with Gasteiger partial charge < -0.3 is 5.32 Å². The highest BCUT2D eigenvalue weighted by molar-refractivity contribution is 7.12. The standard InChI is InChI=1S/C11H8ClN3S/c12-11-5-8(3-4-14-11)15-7-10-2-1-9(6-13)16-10/h1-5H,7H2,(H,14,15). The summed E-state index contributed by atoms with van der Waals surface area (Å²) in [4.78, 5) is 5.74. The number of nitrogens with one attached hydrogen (secondary N) is 1. The lowest BCUT2D eigenvalue weighted by Gasteiger charge is -2.03. The zero-order valence-electron chi connectivity index (χ0n) is 8.27. The van der Waals surface area contributed by atoms with Gasteiger partial charge in [-0.3, -0.25) is 0 Å². The molecular weight excluding hydrogens is 242 g/mol. The number of aromatic nitrogens is 1. The Kier molecular flexibility index (Phi) is 3.40. The highest BCUT2D eigenvalue weighted by atomic mass is 35.5. The van der Waals surface area contributed by atoms with Gasteiger partial charge in [-0.25, -0.2) is 4.98 Å². The van der Waals surface area contributed by atoms with Crippen LogP contribution >= 0.6 is 22.9 Å². The molecule has 5 heteroatoms. The number of thiophene rings is 1. The third-order valence-electron chi connectivity index (χ3n) is 1.97. The van der Waals surface area contributed by atoms with Crippen molar-refractivity contribution in [3.8, 4) is 6.07 Å². The van der Waals surface area contributed by atoms with Crippen LogP contribution in [0.5, 0.6) is 0 Å². The number of hydrogen-bond donors (Lipinski definition) is 1. The van der Waals surface area contributed by atoms with Crippen LogP contribution in [-0.2, 0) is 6.54 Å². The summed E-state index contributed by atoms with van der Waals surface area (Å²) in [6.45, 7) is 0.687. The third kappa shape index (κ3) is 2.72. The van der Waals surface area contributed by atoms with Crippen LogP contribution in [0.1, 0.15) is 9.75 Å². The Bertz CT molecular complexity index is 530. The maximum Gasteiger partial charge on any atom is 0.131 e. The molecule has 2 rings (SSSR count). The SMILES string of the molecule is N#Cc1ccc(CNc2ccnc(Cl)c2)s1. The van der Waals surface area contributed by atoms with Crippen molar-refractivity contribution >= 4 is 28.6 Å². The van der Waals surface area contributed by atoms with E-state index < -0.39 is 0 Å². The van der Waals surface area contributed by atoms with Crippen LogP contribution in [0.15, 0.2) is 30.5 Å². The monoisotopic (exact) mass is 249 g/mol. The van der Waals surface area contributed by atoms with Crippen LogP contribution < -0.4 is 5.32 Å². The number of pyridine rings is 1. The Morgan fingerprint density at radius 2 is 2.31 bits per heavy atom. The van der Waals surface area contributed by atoms with E-state index in [1.165, 1.54) is 11.3 Å². The summed E-state index contributed by atoms with van der Waals surface area (Å²) in [5, 5.41) is 12.4. The lowest BCUT2D eigenvalue weighted by Crippen LogP contribution is -1.97. The molecule has 0 aliphatic rings. The molecule has 16 heavy (non-hydrogen) atoms. The van der Waals surface area contributed by atoms with Crippen molar-refractivity contribution in [1.29, 1.82) is 5.26 Å². The number of rotatable bonds is 3. The van der Waals surface area contributed by atoms with Crippen LogP contribution in [-0.4, -0.2) is 4.98 Å². The molecule has 0 fully saturated rings. The summed E-state index contributed by atoms with van der Waals surface area (Å²) < 4.78 is 0. The van der Waals surface area contributed by atoms with E-state index in [1.807, 2.05) is 18.2 Å². The minimum absolute atomic E-state index is 0.467. The smallest absolute Gasteiger partial charge is 0.131 e. The second-order valence-electron chi connectivity index (χ2n) is 3.10. The van der Waals surface area contributed by atoms with Crippen LogP contribution in [0.4, 0.5) is 5.69 Å². The van der Waals surface area contributed by atoms with Crippen molar-refractivity contribution in [3.05, 3.63) is 45.4 Å². The summed E-state index contributed by atoms with van der Waals surface area (Å²) >= 11 is 7.25. The molecule has 0 unspecified atom stereocenters. The quantitative estimate of drug-likeness (QED) is 0.850. The first-order valence-electron chi connectivity index (χ1n) is 4.62. The number of halogens is 1. The second kappa shape index (κ2) is 4.97. The summed E-state index contributed by atoms with van der Waals surface area (Å²) in [6.07, 6.45) is 1.65. The normalized spacial score (nSPS) is 9.75. The van der Waals surface area contributed by atoms with Gasteiger partial charge in [0.05, 0.1) is 0 Å². The van der Waals surface area contributed by atoms with E-state index in [1.54, 1.807) is 12.3 Å². The van der Waals surface area contributed by atoms with Crippen molar-refractivity contribution in [1.82, 2.24) is 4.98 Å². The van der Waals surface area contributed by atoms with Crippen molar-refractivity contribution in [3.63, 3.8) is 0 Å². The van der Waals surface area contributed by atoms with Crippen LogP contribution in [0.3, 0.4) is 0 Å². The molecule has 0 saturated carbocycles. The number of nitrogens with zero attached hydrogens (tertiary/aromatic N) is 2. The minimum atomic E-state index is 0.467. The number of anilines is 1. The molecule has 0 aliphatic carbocycles. The van der Waals surface area contributed by atoms with Gasteiger partial charge in [0.25, 0.3) is 0 Å². The van der Waals surface area contributed by atoms with E-state index in [9.17, 15) is 0 Å². The highest BCUT2D eigenvalue weighted by Gasteiger charge is 1.99. The molecule has 0 bridgehead atoms. The van der Waals surface area contributed by atoms with E-state index >= 15 is 0 Å². The maximum absolute atomic E-state index is 8.69. The predicted octanol–water partition coefficient (Wildman–Crippen LogP) is 3.28. The highest BCUT2D eigenvalue weighted by Crippen LogP contribution is 2.18. The first-order chi connectivity index (χ1) is 7.78. The van der Waals surface area contributed by atoms with Gasteiger partial charge in [-0.15, -0.1) is 11.3 Å². The van der Waals surface area contributed by atoms with E-state index in [0.717, 1.165) is 15.4 Å². The molecule has 3 nitrogen and oxygen atoms in total. The molecule has 1 N–H and O–H groups in total. The molecule has 2 heterocycles. The molecule has 0 spiro atoms. The summed E-state index contributed by atoms with van der Waals surface area (Å²) in [7, 11) is 0. The summed E-state index contributed by atoms with van der Waals surface area (Å²) in [5.41, 5.74) is 0.923.